The Hall–Kier alpha value is -1.29. The fraction of sp³-hybridized carbons (Fsp3) is 0.647. The standard InChI is InChI=1S/C17H26ClNO3/c1-16(2,3)14(20)9-11-7-8-12(18)10-13(11)19-15(21)22-17(4,5)6/h7,10,12H,8-9H2,1-6H3,(H,19,21). The zero-order valence-electron chi connectivity index (χ0n) is 14.2. The van der Waals surface area contributed by atoms with E-state index in [0.29, 0.717) is 12.1 Å². The van der Waals surface area contributed by atoms with Crippen molar-refractivity contribution in [2.24, 2.45) is 5.41 Å². The predicted octanol–water partition coefficient (Wildman–Crippen LogP) is 4.34. The second kappa shape index (κ2) is 6.86. The molecule has 4 nitrogen and oxygen atoms in total. The smallest absolute Gasteiger partial charge is 0.412 e. The number of ketones is 1. The molecule has 0 radical (unpaired) electrons. The van der Waals surface area contributed by atoms with E-state index >= 15 is 0 Å². The summed E-state index contributed by atoms with van der Waals surface area (Å²) in [7, 11) is 0. The lowest BCUT2D eigenvalue weighted by molar-refractivity contribution is -0.125. The number of nitrogens with one attached hydrogen (secondary N) is 1. The Bertz CT molecular complexity index is 507. The maximum atomic E-state index is 12.2. The molecule has 0 aromatic heterocycles. The first-order valence-corrected chi connectivity index (χ1v) is 7.91. The van der Waals surface area contributed by atoms with Gasteiger partial charge in [-0.2, -0.15) is 0 Å². The van der Waals surface area contributed by atoms with Crippen molar-refractivity contribution >= 4 is 23.5 Å². The van der Waals surface area contributed by atoms with Gasteiger partial charge in [0.15, 0.2) is 0 Å². The first-order valence-electron chi connectivity index (χ1n) is 7.47. The minimum absolute atomic E-state index is 0.115. The quantitative estimate of drug-likeness (QED) is 0.784. The molecule has 0 fully saturated rings. The van der Waals surface area contributed by atoms with Crippen LogP contribution in [0.1, 0.15) is 54.4 Å². The van der Waals surface area contributed by atoms with Gasteiger partial charge in [0, 0.05) is 17.5 Å². The van der Waals surface area contributed by atoms with E-state index in [2.05, 4.69) is 5.32 Å². The SMILES string of the molecule is CC(C)(C)OC(=O)NC1=CC(Cl)CC=C1CC(=O)C(C)(C)C. The highest BCUT2D eigenvalue weighted by Crippen LogP contribution is 2.27. The first kappa shape index (κ1) is 18.8. The van der Waals surface area contributed by atoms with E-state index in [1.165, 1.54) is 0 Å². The lowest BCUT2D eigenvalue weighted by Gasteiger charge is -2.24. The number of alkyl halides is 1. The summed E-state index contributed by atoms with van der Waals surface area (Å²) in [6.07, 6.45) is 4.05. The highest BCUT2D eigenvalue weighted by molar-refractivity contribution is 6.22. The summed E-state index contributed by atoms with van der Waals surface area (Å²) in [5.74, 6) is 0.115. The Morgan fingerprint density at radius 3 is 2.36 bits per heavy atom. The number of carbonyl (C=O) groups is 2. The molecule has 1 atom stereocenters. The molecule has 5 heteroatoms. The molecule has 1 unspecified atom stereocenters. The minimum atomic E-state index is -0.579. The molecule has 1 rings (SSSR count). The van der Waals surface area contributed by atoms with Crippen LogP contribution in [0.5, 0.6) is 0 Å². The molecule has 124 valence electrons. The number of hydrogen-bond donors (Lipinski definition) is 1. The van der Waals surface area contributed by atoms with Gasteiger partial charge in [-0.3, -0.25) is 10.1 Å². The fourth-order valence-electron chi connectivity index (χ4n) is 1.86. The molecular formula is C17H26ClNO3. The largest absolute Gasteiger partial charge is 0.444 e. The Morgan fingerprint density at radius 1 is 1.27 bits per heavy atom. The Morgan fingerprint density at radius 2 is 1.86 bits per heavy atom. The fourth-order valence-corrected chi connectivity index (χ4v) is 2.08. The minimum Gasteiger partial charge on any atom is -0.444 e. The molecule has 0 aromatic rings. The van der Waals surface area contributed by atoms with Crippen LogP contribution in [0, 0.1) is 5.41 Å². The van der Waals surface area contributed by atoms with Crippen molar-refractivity contribution in [1.82, 2.24) is 5.32 Å². The Kier molecular flexibility index (Phi) is 5.85. The summed E-state index contributed by atoms with van der Waals surface area (Å²) in [6, 6.07) is 0. The van der Waals surface area contributed by atoms with E-state index in [0.717, 1.165) is 5.57 Å². The van der Waals surface area contributed by atoms with Crippen LogP contribution in [0.15, 0.2) is 23.4 Å². The number of allylic oxidation sites excluding steroid dienone is 3. The zero-order valence-corrected chi connectivity index (χ0v) is 15.0. The van der Waals surface area contributed by atoms with Crippen molar-refractivity contribution in [2.45, 2.75) is 65.4 Å². The molecule has 22 heavy (non-hydrogen) atoms. The van der Waals surface area contributed by atoms with Crippen molar-refractivity contribution in [1.29, 1.82) is 0 Å². The molecule has 0 aliphatic heterocycles. The molecule has 0 aromatic carbocycles. The number of Topliss-reactive ketones (excluding diaryl/α,β-unsaturated/α-hetero) is 1. The van der Waals surface area contributed by atoms with E-state index in [1.54, 1.807) is 26.8 Å². The van der Waals surface area contributed by atoms with Crippen molar-refractivity contribution in [2.75, 3.05) is 0 Å². The van der Waals surface area contributed by atoms with Crippen LogP contribution in [-0.4, -0.2) is 22.9 Å². The van der Waals surface area contributed by atoms with Gasteiger partial charge in [-0.15, -0.1) is 11.6 Å². The van der Waals surface area contributed by atoms with Crippen LogP contribution in [0.25, 0.3) is 0 Å². The molecule has 1 aliphatic carbocycles. The van der Waals surface area contributed by atoms with Gasteiger partial charge in [-0.1, -0.05) is 26.8 Å². The third-order valence-electron chi connectivity index (χ3n) is 3.11. The molecule has 1 aliphatic rings. The third-order valence-corrected chi connectivity index (χ3v) is 3.41. The average Bonchev–Trinajstić information content (AvgIpc) is 2.28. The lowest BCUT2D eigenvalue weighted by atomic mass is 9.85. The number of ether oxygens (including phenoxy) is 1. The first-order chi connectivity index (χ1) is 9.88. The van der Waals surface area contributed by atoms with Gasteiger partial charge in [0.05, 0.1) is 5.38 Å². The van der Waals surface area contributed by atoms with Gasteiger partial charge >= 0.3 is 6.09 Å². The summed E-state index contributed by atoms with van der Waals surface area (Å²) in [4.78, 5) is 24.2. The maximum absolute atomic E-state index is 12.2. The molecule has 0 saturated carbocycles. The number of amides is 1. The van der Waals surface area contributed by atoms with Crippen LogP contribution in [0.2, 0.25) is 0 Å². The second-order valence-electron chi connectivity index (χ2n) is 7.54. The Balaban J connectivity index is 2.82. The normalized spacial score (nSPS) is 19.1. The summed E-state index contributed by atoms with van der Waals surface area (Å²) in [6.45, 7) is 11.0. The van der Waals surface area contributed by atoms with E-state index in [-0.39, 0.29) is 17.6 Å². The number of rotatable bonds is 3. The lowest BCUT2D eigenvalue weighted by Crippen LogP contribution is -2.34. The van der Waals surface area contributed by atoms with E-state index in [9.17, 15) is 9.59 Å². The highest BCUT2D eigenvalue weighted by Gasteiger charge is 2.26. The van der Waals surface area contributed by atoms with Crippen molar-refractivity contribution < 1.29 is 14.3 Å². The number of carbonyl (C=O) groups excluding carboxylic acids is 2. The summed E-state index contributed by atoms with van der Waals surface area (Å²) >= 11 is 6.12. The summed E-state index contributed by atoms with van der Waals surface area (Å²) in [5, 5.41) is 2.51. The maximum Gasteiger partial charge on any atom is 0.412 e. The number of hydrogen-bond acceptors (Lipinski definition) is 3. The molecule has 0 spiro atoms. The van der Waals surface area contributed by atoms with Crippen molar-refractivity contribution in [3.63, 3.8) is 0 Å². The summed E-state index contributed by atoms with van der Waals surface area (Å²) < 4.78 is 5.25. The van der Waals surface area contributed by atoms with Crippen molar-refractivity contribution in [3.05, 3.63) is 23.4 Å². The molecule has 0 bridgehead atoms. The molecular weight excluding hydrogens is 302 g/mol. The van der Waals surface area contributed by atoms with Crippen LogP contribution in [-0.2, 0) is 9.53 Å². The van der Waals surface area contributed by atoms with Gasteiger partial charge in [0.25, 0.3) is 0 Å². The van der Waals surface area contributed by atoms with Crippen LogP contribution >= 0.6 is 11.6 Å². The predicted molar refractivity (Wildman–Crippen MR) is 88.9 cm³/mol. The van der Waals surface area contributed by atoms with Gasteiger partial charge in [-0.25, -0.2) is 4.79 Å². The monoisotopic (exact) mass is 327 g/mol. The van der Waals surface area contributed by atoms with Gasteiger partial charge in [0.2, 0.25) is 0 Å². The molecule has 0 saturated heterocycles. The van der Waals surface area contributed by atoms with E-state index in [1.807, 2.05) is 26.8 Å². The van der Waals surface area contributed by atoms with E-state index < -0.39 is 17.1 Å². The van der Waals surface area contributed by atoms with Gasteiger partial charge in [0.1, 0.15) is 11.4 Å². The van der Waals surface area contributed by atoms with Gasteiger partial charge in [-0.05, 0) is 38.8 Å². The van der Waals surface area contributed by atoms with E-state index in [4.69, 9.17) is 16.3 Å². The molecule has 1 amide bonds. The number of halogens is 1. The topological polar surface area (TPSA) is 55.4 Å². The third kappa shape index (κ3) is 6.22. The van der Waals surface area contributed by atoms with Crippen LogP contribution < -0.4 is 5.32 Å². The van der Waals surface area contributed by atoms with Crippen LogP contribution in [0.4, 0.5) is 4.79 Å². The summed E-state index contributed by atoms with van der Waals surface area (Å²) in [5.41, 5.74) is 0.362. The second-order valence-corrected chi connectivity index (χ2v) is 8.10. The van der Waals surface area contributed by atoms with Crippen LogP contribution in [0.3, 0.4) is 0 Å². The molecule has 1 N–H and O–H groups in total. The average molecular weight is 328 g/mol. The number of alkyl carbamates (subject to hydrolysis) is 1. The Labute approximate surface area is 137 Å². The van der Waals surface area contributed by atoms with Crippen molar-refractivity contribution in [3.8, 4) is 0 Å². The molecule has 0 heterocycles. The highest BCUT2D eigenvalue weighted by atomic mass is 35.5. The van der Waals surface area contributed by atoms with Gasteiger partial charge < -0.3 is 4.74 Å². The zero-order chi connectivity index (χ0) is 17.1.